The van der Waals surface area contributed by atoms with Crippen LogP contribution in [0.1, 0.15) is 126 Å². The van der Waals surface area contributed by atoms with E-state index in [1.54, 1.807) is 25.2 Å². The number of rotatable bonds is 9. The highest BCUT2D eigenvalue weighted by Gasteiger charge is 2.67. The monoisotopic (exact) mass is 661 g/mol. The Kier molecular flexibility index (Phi) is 9.27. The van der Waals surface area contributed by atoms with Gasteiger partial charge in [-0.05, 0) is 143 Å². The Hall–Kier alpha value is -1.41. The van der Waals surface area contributed by atoms with E-state index in [1.165, 1.54) is 56.8 Å². The predicted octanol–water partition coefficient (Wildman–Crippen LogP) is 7.95. The van der Waals surface area contributed by atoms with Gasteiger partial charge in [0, 0.05) is 19.0 Å². The van der Waals surface area contributed by atoms with Crippen LogP contribution in [0.15, 0.2) is 12.2 Å². The van der Waals surface area contributed by atoms with Crippen molar-refractivity contribution in [3.8, 4) is 0 Å². The summed E-state index contributed by atoms with van der Waals surface area (Å²) in [4.78, 5) is 24.7. The Morgan fingerprint density at radius 3 is 2.17 bits per heavy atom. The minimum Gasteiger partial charge on any atom is -0.481 e. The summed E-state index contributed by atoms with van der Waals surface area (Å²) in [6.07, 6.45) is 13.4. The topological polar surface area (TPSA) is 101 Å². The summed E-state index contributed by atoms with van der Waals surface area (Å²) in [5.41, 5.74) is 0.621. The lowest BCUT2D eigenvalue weighted by Gasteiger charge is -2.69. The number of aliphatic carboxylic acids is 1. The molecule has 0 radical (unpaired) electrons. The highest BCUT2D eigenvalue weighted by Crippen LogP contribution is 2.74. The van der Waals surface area contributed by atoms with Crippen LogP contribution in [0.5, 0.6) is 0 Å². The van der Waals surface area contributed by atoms with Crippen LogP contribution in [0.4, 0.5) is 0 Å². The molecule has 1 N–H and O–H groups in total. The zero-order valence-electron chi connectivity index (χ0n) is 30.3. The first-order valence-electron chi connectivity index (χ1n) is 18.1. The van der Waals surface area contributed by atoms with Crippen molar-refractivity contribution >= 4 is 22.0 Å². The van der Waals surface area contributed by atoms with Crippen LogP contribution >= 0.6 is 0 Å². The molecular formula is C38H63NO6S. The van der Waals surface area contributed by atoms with Crippen LogP contribution in [-0.4, -0.2) is 55.7 Å². The lowest BCUT2D eigenvalue weighted by Crippen LogP contribution is -2.63. The van der Waals surface area contributed by atoms with Gasteiger partial charge in [0.1, 0.15) is 6.10 Å². The first-order chi connectivity index (χ1) is 21.1. The van der Waals surface area contributed by atoms with E-state index < -0.39 is 27.4 Å². The van der Waals surface area contributed by atoms with E-state index in [0.717, 1.165) is 25.7 Å². The van der Waals surface area contributed by atoms with Crippen molar-refractivity contribution in [3.05, 3.63) is 12.2 Å². The van der Waals surface area contributed by atoms with Crippen LogP contribution in [0.25, 0.3) is 0 Å². The van der Waals surface area contributed by atoms with Crippen molar-refractivity contribution in [1.82, 2.24) is 4.31 Å². The molecule has 262 valence electrons. The fourth-order valence-corrected chi connectivity index (χ4v) is 13.2. The van der Waals surface area contributed by atoms with Gasteiger partial charge >= 0.3 is 11.9 Å². The molecule has 8 heteroatoms. The van der Waals surface area contributed by atoms with Gasteiger partial charge in [0.25, 0.3) is 0 Å². The lowest BCUT2D eigenvalue weighted by atomic mass is 9.36. The fourth-order valence-electron chi connectivity index (χ4n) is 12.8. The van der Waals surface area contributed by atoms with Crippen LogP contribution in [-0.2, 0) is 24.3 Å². The molecule has 7 nitrogen and oxygen atoms in total. The Morgan fingerprint density at radius 1 is 0.935 bits per heavy atom. The van der Waals surface area contributed by atoms with Gasteiger partial charge in [-0.3, -0.25) is 9.59 Å². The van der Waals surface area contributed by atoms with E-state index >= 15 is 0 Å². The van der Waals surface area contributed by atoms with Gasteiger partial charge in [-0.25, -0.2) is 12.7 Å². The first-order valence-corrected chi connectivity index (χ1v) is 19.9. The summed E-state index contributed by atoms with van der Waals surface area (Å²) in [5.74, 6) is 2.13. The highest BCUT2D eigenvalue weighted by atomic mass is 32.2. The van der Waals surface area contributed by atoms with E-state index in [1.807, 2.05) is 0 Å². The highest BCUT2D eigenvalue weighted by molar-refractivity contribution is 7.88. The summed E-state index contributed by atoms with van der Waals surface area (Å²) in [6.45, 7) is 20.3. The maximum absolute atomic E-state index is 13.0. The van der Waals surface area contributed by atoms with Gasteiger partial charge < -0.3 is 9.84 Å². The molecule has 46 heavy (non-hydrogen) atoms. The van der Waals surface area contributed by atoms with Crippen molar-refractivity contribution < 1.29 is 27.9 Å². The summed E-state index contributed by atoms with van der Waals surface area (Å²) < 4.78 is 32.3. The average Bonchev–Trinajstić information content (AvgIpc) is 3.33. The molecule has 0 bridgehead atoms. The Morgan fingerprint density at radius 2 is 1.57 bits per heavy atom. The number of carboxylic acid groups (broad SMARTS) is 1. The minimum atomic E-state index is -3.20. The number of carbonyl (C=O) groups is 2. The molecule has 0 heterocycles. The largest absolute Gasteiger partial charge is 0.481 e. The van der Waals surface area contributed by atoms with Gasteiger partial charge in [-0.2, -0.15) is 0 Å². The number of fused-ring (bicyclic) bond motifs is 7. The van der Waals surface area contributed by atoms with Gasteiger partial charge in [-0.1, -0.05) is 39.8 Å². The van der Waals surface area contributed by atoms with Gasteiger partial charge in [0.15, 0.2) is 0 Å². The third-order valence-corrected chi connectivity index (χ3v) is 16.6. The molecule has 5 rings (SSSR count). The zero-order chi connectivity index (χ0) is 34.3. The number of esters is 1. The van der Waals surface area contributed by atoms with Crippen molar-refractivity contribution in [1.29, 1.82) is 0 Å². The number of carbonyl (C=O) groups excluding carboxylic acids is 1. The third-order valence-electron chi connectivity index (χ3n) is 15.3. The summed E-state index contributed by atoms with van der Waals surface area (Å²) in [5, 5.41) is 9.55. The predicted molar refractivity (Wildman–Crippen MR) is 182 cm³/mol. The molecule has 10 atom stereocenters. The molecule has 3 unspecified atom stereocenters. The summed E-state index contributed by atoms with van der Waals surface area (Å²) in [7, 11) is -1.47. The molecule has 0 saturated heterocycles. The number of carboxylic acids is 1. The smallest absolute Gasteiger partial charge is 0.309 e. The van der Waals surface area contributed by atoms with Crippen LogP contribution in [0.3, 0.4) is 0 Å². The van der Waals surface area contributed by atoms with Crippen LogP contribution < -0.4 is 0 Å². The van der Waals surface area contributed by atoms with Gasteiger partial charge in [0.2, 0.25) is 10.0 Å². The van der Waals surface area contributed by atoms with Crippen LogP contribution in [0.2, 0.25) is 0 Å². The number of hydrogen-bond donors (Lipinski definition) is 1. The van der Waals surface area contributed by atoms with E-state index in [-0.39, 0.29) is 34.2 Å². The average molecular weight is 662 g/mol. The third kappa shape index (κ3) is 5.81. The van der Waals surface area contributed by atoms with E-state index in [0.29, 0.717) is 42.1 Å². The molecular weight excluding hydrogens is 598 g/mol. The summed E-state index contributed by atoms with van der Waals surface area (Å²) >= 11 is 0. The normalized spacial score (nSPS) is 41.9. The molecule has 0 aromatic carbocycles. The van der Waals surface area contributed by atoms with Crippen molar-refractivity contribution in [3.63, 3.8) is 0 Å². The maximum atomic E-state index is 13.0. The number of sulfonamides is 1. The molecule has 5 saturated carbocycles. The molecule has 5 aliphatic carbocycles. The van der Waals surface area contributed by atoms with Gasteiger partial charge in [-0.15, -0.1) is 0 Å². The standard InChI is InChI=1S/C38H63NO6S/c1-24(2)25-13-19-38(21-22-39(9)46(10,43)44)20-14-27-26(32(25)38)11-12-29-36(27,7)17-15-28-35(5,6)30(16-18-37(28,29)8)45-31(40)23-34(3,4)33(41)42/h25-30,32H,1,11-23H2,2-10H3,(H,41,42)/t25-,26-,27?,28?,29?,30-,32+,36-,37-,38+/m0/s1. The molecule has 0 spiro atoms. The van der Waals surface area contributed by atoms with Crippen molar-refractivity contribution in [2.45, 2.75) is 132 Å². The lowest BCUT2D eigenvalue weighted by molar-refractivity contribution is -0.223. The summed E-state index contributed by atoms with van der Waals surface area (Å²) in [6, 6.07) is 0. The second kappa shape index (κ2) is 11.9. The second-order valence-electron chi connectivity index (χ2n) is 18.5. The van der Waals surface area contributed by atoms with Crippen molar-refractivity contribution in [2.75, 3.05) is 19.8 Å². The maximum Gasteiger partial charge on any atom is 0.309 e. The molecule has 5 fully saturated rings. The minimum absolute atomic E-state index is 0.112. The Bertz CT molecular complexity index is 1340. The molecule has 0 aliphatic heterocycles. The quantitative estimate of drug-likeness (QED) is 0.199. The van der Waals surface area contributed by atoms with Gasteiger partial charge in [0.05, 0.1) is 18.1 Å². The molecule has 0 amide bonds. The number of nitrogens with zero attached hydrogens (tertiary/aromatic N) is 1. The Labute approximate surface area is 279 Å². The SMILES string of the molecule is C=C(C)[C@@H]1CC[C@]2(CCN(C)S(C)(=O)=O)CCC3[C@H](CCC4[C@@]3(C)CCC3C(C)(C)[C@@H](OC(=O)CC(C)(C)C(=O)O)CC[C@@]34C)[C@@H]12. The number of ether oxygens (including phenoxy) is 1. The second-order valence-corrected chi connectivity index (χ2v) is 20.5. The van der Waals surface area contributed by atoms with E-state index in [9.17, 15) is 23.1 Å². The number of allylic oxidation sites excluding steroid dienone is 1. The van der Waals surface area contributed by atoms with Crippen LogP contribution in [0, 0.1) is 62.6 Å². The molecule has 0 aromatic rings. The van der Waals surface area contributed by atoms with E-state index in [2.05, 4.69) is 41.2 Å². The molecule has 0 aromatic heterocycles. The Balaban J connectivity index is 1.37. The zero-order valence-corrected chi connectivity index (χ0v) is 31.1. The van der Waals surface area contributed by atoms with E-state index in [4.69, 9.17) is 4.74 Å². The first kappa shape index (κ1) is 35.9. The number of hydrogen-bond acceptors (Lipinski definition) is 5. The van der Waals surface area contributed by atoms with Crippen molar-refractivity contribution in [2.24, 2.45) is 62.6 Å². The molecule has 5 aliphatic rings. The fraction of sp³-hybridized carbons (Fsp3) is 0.895.